The Morgan fingerprint density at radius 2 is 2.06 bits per heavy atom. The van der Waals surface area contributed by atoms with Crippen LogP contribution in [-0.2, 0) is 14.6 Å². The maximum absolute atomic E-state index is 11.4. The molecule has 2 heterocycles. The molecule has 2 saturated heterocycles. The minimum atomic E-state index is -2.90. The second kappa shape index (κ2) is 3.68. The fourth-order valence-corrected chi connectivity index (χ4v) is 4.78. The molecule has 0 radical (unpaired) electrons. The van der Waals surface area contributed by atoms with Crippen molar-refractivity contribution in [2.45, 2.75) is 56.8 Å². The van der Waals surface area contributed by atoms with Crippen molar-refractivity contribution >= 4 is 9.84 Å². The second-order valence-corrected chi connectivity index (χ2v) is 8.13. The van der Waals surface area contributed by atoms with E-state index in [1.807, 2.05) is 0 Å². The summed E-state index contributed by atoms with van der Waals surface area (Å²) in [5, 5.41) is 0. The van der Waals surface area contributed by atoms with Crippen LogP contribution in [0.2, 0.25) is 0 Å². The Kier molecular flexibility index (Phi) is 2.84. The maximum Gasteiger partial charge on any atom is 0.152 e. The van der Waals surface area contributed by atoms with Crippen LogP contribution in [0.15, 0.2) is 0 Å². The van der Waals surface area contributed by atoms with E-state index in [0.29, 0.717) is 12.8 Å². The smallest absolute Gasteiger partial charge is 0.152 e. The lowest BCUT2D eigenvalue weighted by Gasteiger charge is -2.27. The average Bonchev–Trinajstić information content (AvgIpc) is 2.53. The molecule has 94 valence electrons. The van der Waals surface area contributed by atoms with Crippen molar-refractivity contribution in [3.05, 3.63) is 0 Å². The Bertz CT molecular complexity index is 377. The van der Waals surface area contributed by atoms with Gasteiger partial charge in [0.25, 0.3) is 0 Å². The maximum atomic E-state index is 11.4. The van der Waals surface area contributed by atoms with Gasteiger partial charge in [-0.3, -0.25) is 0 Å². The van der Waals surface area contributed by atoms with E-state index in [-0.39, 0.29) is 23.2 Å². The zero-order chi connectivity index (χ0) is 12.0. The first-order valence-corrected chi connectivity index (χ1v) is 7.69. The van der Waals surface area contributed by atoms with Gasteiger partial charge in [-0.15, -0.1) is 0 Å². The molecule has 0 bridgehead atoms. The lowest BCUT2D eigenvalue weighted by Crippen LogP contribution is -2.44. The predicted octanol–water partition coefficient (Wildman–Crippen LogP) is 0.850. The largest absolute Gasteiger partial charge is 0.372 e. The summed E-state index contributed by atoms with van der Waals surface area (Å²) < 4.78 is 28.7. The number of sulfone groups is 1. The molecule has 2 aliphatic heterocycles. The average molecular weight is 247 g/mol. The van der Waals surface area contributed by atoms with Crippen LogP contribution in [0.3, 0.4) is 0 Å². The topological polar surface area (TPSA) is 69.4 Å². The summed E-state index contributed by atoms with van der Waals surface area (Å²) >= 11 is 0. The van der Waals surface area contributed by atoms with Crippen molar-refractivity contribution in [2.75, 3.05) is 11.5 Å². The van der Waals surface area contributed by atoms with Gasteiger partial charge >= 0.3 is 0 Å². The highest BCUT2D eigenvalue weighted by atomic mass is 32.2. The van der Waals surface area contributed by atoms with E-state index in [0.717, 1.165) is 12.8 Å². The van der Waals surface area contributed by atoms with Crippen LogP contribution in [0.25, 0.3) is 0 Å². The summed E-state index contributed by atoms with van der Waals surface area (Å²) in [5.74, 6) is 0.361. The summed E-state index contributed by atoms with van der Waals surface area (Å²) in [4.78, 5) is 0. The number of nitrogens with two attached hydrogens (primary N) is 1. The molecule has 2 aliphatic rings. The molecule has 4 nitrogen and oxygen atoms in total. The van der Waals surface area contributed by atoms with Crippen molar-refractivity contribution < 1.29 is 13.2 Å². The number of rotatable bonds is 2. The van der Waals surface area contributed by atoms with E-state index in [9.17, 15) is 8.42 Å². The van der Waals surface area contributed by atoms with Crippen molar-refractivity contribution in [2.24, 2.45) is 5.73 Å². The van der Waals surface area contributed by atoms with Crippen molar-refractivity contribution in [1.29, 1.82) is 0 Å². The molecule has 0 aromatic rings. The molecule has 0 aliphatic carbocycles. The normalized spacial score (nSPS) is 41.3. The van der Waals surface area contributed by atoms with E-state index in [2.05, 4.69) is 13.8 Å². The zero-order valence-electron chi connectivity index (χ0n) is 10.0. The van der Waals surface area contributed by atoms with Crippen molar-refractivity contribution in [3.8, 4) is 0 Å². The fourth-order valence-electron chi connectivity index (χ4n) is 2.78. The fraction of sp³-hybridized carbons (Fsp3) is 1.00. The van der Waals surface area contributed by atoms with Crippen LogP contribution in [0.5, 0.6) is 0 Å². The quantitative estimate of drug-likeness (QED) is 0.785. The summed E-state index contributed by atoms with van der Waals surface area (Å²) in [7, 11) is -2.90. The van der Waals surface area contributed by atoms with Crippen LogP contribution in [0.4, 0.5) is 0 Å². The van der Waals surface area contributed by atoms with E-state index < -0.39 is 15.4 Å². The molecule has 2 rings (SSSR count). The summed E-state index contributed by atoms with van der Waals surface area (Å²) in [6, 6.07) is 0. The minimum Gasteiger partial charge on any atom is -0.372 e. The van der Waals surface area contributed by atoms with Crippen LogP contribution in [0.1, 0.15) is 39.5 Å². The number of ether oxygens (including phenoxy) is 1. The molecule has 0 spiro atoms. The predicted molar refractivity (Wildman–Crippen MR) is 63.0 cm³/mol. The lowest BCUT2D eigenvalue weighted by atomic mass is 9.91. The van der Waals surface area contributed by atoms with E-state index in [4.69, 9.17) is 10.5 Å². The zero-order valence-corrected chi connectivity index (χ0v) is 10.8. The summed E-state index contributed by atoms with van der Waals surface area (Å²) in [6.07, 6.45) is 3.41. The Hall–Kier alpha value is -0.130. The molecule has 2 fully saturated rings. The van der Waals surface area contributed by atoms with Gasteiger partial charge in [-0.2, -0.15) is 0 Å². The van der Waals surface area contributed by atoms with Crippen LogP contribution in [-0.4, -0.2) is 37.2 Å². The SMILES string of the molecule is CC1(C)CCC(CC2(N)CCS(=O)(=O)C2)O1. The summed E-state index contributed by atoms with van der Waals surface area (Å²) in [5.41, 5.74) is 5.52. The molecule has 2 N–H and O–H groups in total. The Morgan fingerprint density at radius 1 is 1.38 bits per heavy atom. The van der Waals surface area contributed by atoms with Crippen molar-refractivity contribution in [1.82, 2.24) is 0 Å². The molecule has 0 aromatic heterocycles. The standard InChI is InChI=1S/C11H21NO3S/c1-10(2)4-3-9(15-10)7-11(12)5-6-16(13,14)8-11/h9H,3-8,12H2,1-2H3. The van der Waals surface area contributed by atoms with Crippen LogP contribution < -0.4 is 5.73 Å². The monoisotopic (exact) mass is 247 g/mol. The number of hydrogen-bond acceptors (Lipinski definition) is 4. The van der Waals surface area contributed by atoms with Gasteiger partial charge < -0.3 is 10.5 Å². The number of hydrogen-bond donors (Lipinski definition) is 1. The molecular weight excluding hydrogens is 226 g/mol. The van der Waals surface area contributed by atoms with E-state index in [1.165, 1.54) is 0 Å². The third kappa shape index (κ3) is 2.76. The molecule has 0 amide bonds. The highest BCUT2D eigenvalue weighted by Gasteiger charge is 2.43. The van der Waals surface area contributed by atoms with Gasteiger partial charge in [0.15, 0.2) is 9.84 Å². The van der Waals surface area contributed by atoms with Crippen LogP contribution >= 0.6 is 0 Å². The Balaban J connectivity index is 1.96. The van der Waals surface area contributed by atoms with E-state index >= 15 is 0 Å². The Morgan fingerprint density at radius 3 is 2.50 bits per heavy atom. The second-order valence-electron chi connectivity index (χ2n) is 5.95. The molecule has 2 unspecified atom stereocenters. The molecule has 0 aromatic carbocycles. The van der Waals surface area contributed by atoms with Gasteiger partial charge in [0, 0.05) is 5.54 Å². The first-order valence-electron chi connectivity index (χ1n) is 5.87. The highest BCUT2D eigenvalue weighted by molar-refractivity contribution is 7.91. The first kappa shape index (κ1) is 12.3. The van der Waals surface area contributed by atoms with E-state index in [1.54, 1.807) is 0 Å². The Labute approximate surface area is 97.5 Å². The molecule has 2 atom stereocenters. The molecule has 5 heteroatoms. The van der Waals surface area contributed by atoms with Gasteiger partial charge in [-0.1, -0.05) is 0 Å². The molecule has 16 heavy (non-hydrogen) atoms. The van der Waals surface area contributed by atoms with Crippen molar-refractivity contribution in [3.63, 3.8) is 0 Å². The lowest BCUT2D eigenvalue weighted by molar-refractivity contribution is -0.0253. The highest BCUT2D eigenvalue weighted by Crippen LogP contribution is 2.35. The van der Waals surface area contributed by atoms with Gasteiger partial charge in [-0.05, 0) is 39.5 Å². The third-order valence-corrected chi connectivity index (χ3v) is 5.45. The van der Waals surface area contributed by atoms with Gasteiger partial charge in [0.05, 0.1) is 23.2 Å². The third-order valence-electron chi connectivity index (χ3n) is 3.61. The first-order chi connectivity index (χ1) is 7.20. The molecular formula is C11H21NO3S. The van der Waals surface area contributed by atoms with Gasteiger partial charge in [-0.25, -0.2) is 8.42 Å². The van der Waals surface area contributed by atoms with Gasteiger partial charge in [0.1, 0.15) is 0 Å². The van der Waals surface area contributed by atoms with Gasteiger partial charge in [0.2, 0.25) is 0 Å². The van der Waals surface area contributed by atoms with Crippen LogP contribution in [0, 0.1) is 0 Å². The molecule has 0 saturated carbocycles. The minimum absolute atomic E-state index is 0.0709. The summed E-state index contributed by atoms with van der Waals surface area (Å²) in [6.45, 7) is 4.14.